The number of non-ortho nitro benzene ring substituents is 1. The third-order valence-electron chi connectivity index (χ3n) is 4.69. The van der Waals surface area contributed by atoms with E-state index in [1.54, 1.807) is 12.1 Å². The van der Waals surface area contributed by atoms with E-state index in [1.807, 2.05) is 12.1 Å². The zero-order valence-corrected chi connectivity index (χ0v) is 14.5. The first-order valence-corrected chi connectivity index (χ1v) is 8.10. The number of hydrogen-bond donors (Lipinski definition) is 0. The second-order valence-corrected chi connectivity index (χ2v) is 6.96. The number of para-hydroxylation sites is 1. The molecule has 0 unspecified atom stereocenters. The van der Waals surface area contributed by atoms with Crippen LogP contribution in [0.15, 0.2) is 48.5 Å². The van der Waals surface area contributed by atoms with Crippen LogP contribution in [-0.2, 0) is 6.54 Å². The van der Waals surface area contributed by atoms with Gasteiger partial charge in [-0.15, -0.1) is 0 Å². The van der Waals surface area contributed by atoms with E-state index in [9.17, 15) is 10.1 Å². The number of rotatable bonds is 3. The lowest BCUT2D eigenvalue weighted by atomic mass is 9.87. The molecule has 4 nitrogen and oxygen atoms in total. The predicted molar refractivity (Wildman–Crippen MR) is 98.2 cm³/mol. The summed E-state index contributed by atoms with van der Waals surface area (Å²) in [5.41, 5.74) is 6.12. The van der Waals surface area contributed by atoms with E-state index in [0.29, 0.717) is 6.54 Å². The van der Waals surface area contributed by atoms with Gasteiger partial charge in [-0.3, -0.25) is 10.1 Å². The van der Waals surface area contributed by atoms with Crippen molar-refractivity contribution in [3.05, 3.63) is 75.3 Å². The largest absolute Gasteiger partial charge is 0.358 e. The molecule has 124 valence electrons. The highest BCUT2D eigenvalue weighted by Crippen LogP contribution is 2.41. The number of benzene rings is 2. The molecular weight excluding hydrogens is 300 g/mol. The fourth-order valence-electron chi connectivity index (χ4n) is 3.50. The average Bonchev–Trinajstić information content (AvgIpc) is 2.51. The van der Waals surface area contributed by atoms with Crippen LogP contribution in [0.1, 0.15) is 37.5 Å². The van der Waals surface area contributed by atoms with Crippen LogP contribution in [0.4, 0.5) is 11.4 Å². The molecule has 2 aromatic rings. The highest BCUT2D eigenvalue weighted by molar-refractivity contribution is 5.83. The molecule has 0 saturated carbocycles. The van der Waals surface area contributed by atoms with Crippen LogP contribution in [0.5, 0.6) is 0 Å². The summed E-state index contributed by atoms with van der Waals surface area (Å²) < 4.78 is 0. The number of aryl methyl sites for hydroxylation is 1. The van der Waals surface area contributed by atoms with Crippen molar-refractivity contribution < 1.29 is 4.92 Å². The van der Waals surface area contributed by atoms with Crippen molar-refractivity contribution in [1.29, 1.82) is 0 Å². The standard InChI is InChI=1S/C20H22N2O2/c1-14-6-5-7-18-15(2)12-20(3,4)21(19(14)18)13-16-8-10-17(11-9-16)22(23)24/h5-12H,13H2,1-4H3. The van der Waals surface area contributed by atoms with Crippen LogP contribution in [0.25, 0.3) is 5.57 Å². The lowest BCUT2D eigenvalue weighted by Crippen LogP contribution is -2.44. The van der Waals surface area contributed by atoms with Gasteiger partial charge in [0.15, 0.2) is 0 Å². The van der Waals surface area contributed by atoms with Gasteiger partial charge in [0.1, 0.15) is 0 Å². The Balaban J connectivity index is 2.02. The zero-order chi connectivity index (χ0) is 17.5. The first-order valence-electron chi connectivity index (χ1n) is 8.10. The summed E-state index contributed by atoms with van der Waals surface area (Å²) in [4.78, 5) is 12.9. The highest BCUT2D eigenvalue weighted by atomic mass is 16.6. The molecule has 24 heavy (non-hydrogen) atoms. The molecule has 3 rings (SSSR count). The zero-order valence-electron chi connectivity index (χ0n) is 14.5. The van der Waals surface area contributed by atoms with E-state index in [1.165, 1.54) is 22.4 Å². The van der Waals surface area contributed by atoms with Crippen LogP contribution in [0, 0.1) is 17.0 Å². The Kier molecular flexibility index (Phi) is 3.91. The number of hydrogen-bond acceptors (Lipinski definition) is 3. The summed E-state index contributed by atoms with van der Waals surface area (Å²) in [5.74, 6) is 0. The molecule has 1 heterocycles. The van der Waals surface area contributed by atoms with Crippen LogP contribution in [0.2, 0.25) is 0 Å². The topological polar surface area (TPSA) is 46.4 Å². The molecule has 0 radical (unpaired) electrons. The molecule has 0 bridgehead atoms. The normalized spacial score (nSPS) is 15.7. The fraction of sp³-hybridized carbons (Fsp3) is 0.300. The lowest BCUT2D eigenvalue weighted by Gasteiger charge is -2.44. The van der Waals surface area contributed by atoms with Gasteiger partial charge in [0.05, 0.1) is 10.5 Å². The monoisotopic (exact) mass is 322 g/mol. The van der Waals surface area contributed by atoms with Crippen LogP contribution in [0.3, 0.4) is 0 Å². The molecule has 4 heteroatoms. The number of nitro groups is 1. The quantitative estimate of drug-likeness (QED) is 0.583. The Labute approximate surface area is 142 Å². The summed E-state index contributed by atoms with van der Waals surface area (Å²) in [5, 5.41) is 10.8. The Morgan fingerprint density at radius 3 is 2.38 bits per heavy atom. The van der Waals surface area contributed by atoms with E-state index in [0.717, 1.165) is 5.56 Å². The van der Waals surface area contributed by atoms with Crippen molar-refractivity contribution in [2.45, 2.75) is 39.8 Å². The number of allylic oxidation sites excluding steroid dienone is 1. The van der Waals surface area contributed by atoms with Crippen molar-refractivity contribution >= 4 is 16.9 Å². The number of anilines is 1. The summed E-state index contributed by atoms with van der Waals surface area (Å²) in [6, 6.07) is 13.2. The van der Waals surface area contributed by atoms with Crippen molar-refractivity contribution in [2.24, 2.45) is 0 Å². The second kappa shape index (κ2) is 5.78. The summed E-state index contributed by atoms with van der Waals surface area (Å²) >= 11 is 0. The van der Waals surface area contributed by atoms with Gasteiger partial charge in [-0.2, -0.15) is 0 Å². The highest BCUT2D eigenvalue weighted by Gasteiger charge is 2.32. The molecule has 0 atom stereocenters. The SMILES string of the molecule is CC1=CC(C)(C)N(Cc2ccc([N+](=O)[O-])cc2)c2c(C)cccc21. The van der Waals surface area contributed by atoms with E-state index >= 15 is 0 Å². The van der Waals surface area contributed by atoms with E-state index in [-0.39, 0.29) is 16.1 Å². The Morgan fingerprint density at radius 1 is 1.08 bits per heavy atom. The molecule has 0 saturated heterocycles. The van der Waals surface area contributed by atoms with Gasteiger partial charge < -0.3 is 4.90 Å². The third kappa shape index (κ3) is 2.80. The maximum atomic E-state index is 10.8. The molecule has 1 aliphatic heterocycles. The van der Waals surface area contributed by atoms with Gasteiger partial charge in [0.2, 0.25) is 0 Å². The Bertz CT molecular complexity index is 820. The van der Waals surface area contributed by atoms with E-state index in [4.69, 9.17) is 0 Å². The van der Waals surface area contributed by atoms with Gasteiger partial charge in [-0.05, 0) is 44.4 Å². The van der Waals surface area contributed by atoms with Crippen LogP contribution >= 0.6 is 0 Å². The molecule has 1 aliphatic rings. The van der Waals surface area contributed by atoms with Crippen LogP contribution < -0.4 is 4.90 Å². The van der Waals surface area contributed by atoms with Gasteiger partial charge in [-0.1, -0.05) is 36.4 Å². The summed E-state index contributed by atoms with van der Waals surface area (Å²) in [7, 11) is 0. The average molecular weight is 322 g/mol. The molecule has 0 fully saturated rings. The number of fused-ring (bicyclic) bond motifs is 1. The first-order chi connectivity index (χ1) is 11.3. The number of nitrogens with zero attached hydrogens (tertiary/aromatic N) is 2. The summed E-state index contributed by atoms with van der Waals surface area (Å²) in [6.45, 7) is 9.42. The smallest absolute Gasteiger partial charge is 0.269 e. The first kappa shape index (κ1) is 16.2. The fourth-order valence-corrected chi connectivity index (χ4v) is 3.50. The molecule has 0 N–H and O–H groups in total. The minimum absolute atomic E-state index is 0.120. The molecule has 0 spiro atoms. The molecule has 0 aromatic heterocycles. The third-order valence-corrected chi connectivity index (χ3v) is 4.69. The van der Waals surface area contributed by atoms with Crippen molar-refractivity contribution in [3.63, 3.8) is 0 Å². The van der Waals surface area contributed by atoms with Crippen LogP contribution in [-0.4, -0.2) is 10.5 Å². The van der Waals surface area contributed by atoms with Gasteiger partial charge in [0, 0.05) is 29.9 Å². The van der Waals surface area contributed by atoms with E-state index in [2.05, 4.69) is 56.9 Å². The van der Waals surface area contributed by atoms with Crippen molar-refractivity contribution in [2.75, 3.05) is 4.90 Å². The summed E-state index contributed by atoms with van der Waals surface area (Å²) in [6.07, 6.45) is 2.29. The van der Waals surface area contributed by atoms with Gasteiger partial charge in [-0.25, -0.2) is 0 Å². The predicted octanol–water partition coefficient (Wildman–Crippen LogP) is 5.11. The minimum atomic E-state index is -0.361. The minimum Gasteiger partial charge on any atom is -0.358 e. The van der Waals surface area contributed by atoms with Gasteiger partial charge in [0.25, 0.3) is 5.69 Å². The maximum absolute atomic E-state index is 10.8. The van der Waals surface area contributed by atoms with Crippen molar-refractivity contribution in [1.82, 2.24) is 0 Å². The molecular formula is C20H22N2O2. The van der Waals surface area contributed by atoms with Crippen molar-refractivity contribution in [3.8, 4) is 0 Å². The molecule has 0 aliphatic carbocycles. The van der Waals surface area contributed by atoms with E-state index < -0.39 is 0 Å². The van der Waals surface area contributed by atoms with Gasteiger partial charge >= 0.3 is 0 Å². The number of nitro benzene ring substituents is 1. The Morgan fingerprint density at radius 2 is 1.75 bits per heavy atom. The lowest BCUT2D eigenvalue weighted by molar-refractivity contribution is -0.384. The molecule has 2 aromatic carbocycles. The Hall–Kier alpha value is -2.62. The molecule has 0 amide bonds. The maximum Gasteiger partial charge on any atom is 0.269 e. The second-order valence-electron chi connectivity index (χ2n) is 6.96.